The summed E-state index contributed by atoms with van der Waals surface area (Å²) in [6.07, 6.45) is 0. The van der Waals surface area contributed by atoms with E-state index in [-0.39, 0.29) is 18.2 Å². The van der Waals surface area contributed by atoms with Crippen LogP contribution in [0.2, 0.25) is 10.0 Å². The van der Waals surface area contributed by atoms with Gasteiger partial charge in [-0.05, 0) is 48.4 Å². The molecule has 0 unspecified atom stereocenters. The van der Waals surface area contributed by atoms with Crippen LogP contribution in [0.1, 0.15) is 29.1 Å². The standard InChI is InChI=1S/C21H17Cl2NO3/c1-3-27-21(26)19-12-18(14-4-8-16(22)9-5-14)20(24(19)13(2)25)15-6-10-17(23)11-7-15/h4-12H,3H2,1-2H3. The molecule has 0 saturated heterocycles. The van der Waals surface area contributed by atoms with Crippen molar-refractivity contribution in [2.45, 2.75) is 13.8 Å². The van der Waals surface area contributed by atoms with Gasteiger partial charge in [0, 0.05) is 22.5 Å². The molecule has 0 N–H and O–H groups in total. The first-order valence-electron chi connectivity index (χ1n) is 8.38. The molecule has 0 fully saturated rings. The maximum absolute atomic E-state index is 12.5. The van der Waals surface area contributed by atoms with E-state index in [0.717, 1.165) is 16.7 Å². The Morgan fingerprint density at radius 3 is 1.93 bits per heavy atom. The third-order valence-electron chi connectivity index (χ3n) is 4.07. The van der Waals surface area contributed by atoms with Crippen LogP contribution in [0.15, 0.2) is 54.6 Å². The Kier molecular flexibility index (Phi) is 5.68. The molecule has 0 bridgehead atoms. The lowest BCUT2D eigenvalue weighted by Crippen LogP contribution is -2.17. The van der Waals surface area contributed by atoms with E-state index in [1.54, 1.807) is 37.3 Å². The molecule has 0 radical (unpaired) electrons. The Hall–Kier alpha value is -2.56. The topological polar surface area (TPSA) is 48.3 Å². The highest BCUT2D eigenvalue weighted by Crippen LogP contribution is 2.36. The smallest absolute Gasteiger partial charge is 0.355 e. The predicted molar refractivity (Wildman–Crippen MR) is 108 cm³/mol. The number of carbonyl (C=O) groups is 2. The summed E-state index contributed by atoms with van der Waals surface area (Å²) in [5, 5.41) is 1.18. The molecule has 0 aliphatic rings. The molecule has 1 heterocycles. The zero-order valence-electron chi connectivity index (χ0n) is 14.8. The summed E-state index contributed by atoms with van der Waals surface area (Å²) in [6.45, 7) is 3.35. The Morgan fingerprint density at radius 1 is 0.926 bits per heavy atom. The van der Waals surface area contributed by atoms with E-state index in [1.165, 1.54) is 11.5 Å². The molecule has 0 atom stereocenters. The third kappa shape index (κ3) is 3.92. The summed E-state index contributed by atoms with van der Waals surface area (Å²) in [6, 6.07) is 16.0. The average Bonchev–Trinajstić information content (AvgIpc) is 3.04. The molecule has 0 saturated carbocycles. The summed E-state index contributed by atoms with van der Waals surface area (Å²) in [4.78, 5) is 24.9. The first-order valence-corrected chi connectivity index (χ1v) is 9.13. The number of hydrogen-bond acceptors (Lipinski definition) is 3. The van der Waals surface area contributed by atoms with Crippen molar-refractivity contribution < 1.29 is 14.3 Å². The lowest BCUT2D eigenvalue weighted by molar-refractivity contribution is 0.0509. The molecule has 0 spiro atoms. The summed E-state index contributed by atoms with van der Waals surface area (Å²) < 4.78 is 6.52. The van der Waals surface area contributed by atoms with Crippen LogP contribution in [0.5, 0.6) is 0 Å². The number of benzene rings is 2. The fraction of sp³-hybridized carbons (Fsp3) is 0.143. The summed E-state index contributed by atoms with van der Waals surface area (Å²) >= 11 is 12.0. The van der Waals surface area contributed by atoms with Gasteiger partial charge in [0.1, 0.15) is 5.69 Å². The fourth-order valence-corrected chi connectivity index (χ4v) is 3.19. The molecule has 138 valence electrons. The van der Waals surface area contributed by atoms with Gasteiger partial charge >= 0.3 is 5.97 Å². The summed E-state index contributed by atoms with van der Waals surface area (Å²) in [5.41, 5.74) is 3.10. The highest BCUT2D eigenvalue weighted by molar-refractivity contribution is 6.31. The van der Waals surface area contributed by atoms with E-state index in [4.69, 9.17) is 27.9 Å². The second-order valence-electron chi connectivity index (χ2n) is 5.88. The quantitative estimate of drug-likeness (QED) is 0.506. The number of carbonyl (C=O) groups excluding carboxylic acids is 2. The number of halogens is 2. The maximum Gasteiger partial charge on any atom is 0.355 e. The van der Waals surface area contributed by atoms with Gasteiger partial charge in [-0.15, -0.1) is 0 Å². The van der Waals surface area contributed by atoms with Crippen LogP contribution in [0.4, 0.5) is 0 Å². The number of ether oxygens (including phenoxy) is 1. The van der Waals surface area contributed by atoms with Crippen molar-refractivity contribution >= 4 is 35.1 Å². The SMILES string of the molecule is CCOC(=O)c1cc(-c2ccc(Cl)cc2)c(-c2ccc(Cl)cc2)n1C(C)=O. The first kappa shape index (κ1) is 19.2. The molecule has 1 aromatic heterocycles. The van der Waals surface area contributed by atoms with Crippen molar-refractivity contribution in [3.05, 3.63) is 70.3 Å². The minimum atomic E-state index is -0.553. The Morgan fingerprint density at radius 2 is 1.44 bits per heavy atom. The maximum atomic E-state index is 12.5. The monoisotopic (exact) mass is 401 g/mol. The van der Waals surface area contributed by atoms with Gasteiger partial charge < -0.3 is 4.74 Å². The van der Waals surface area contributed by atoms with Crippen molar-refractivity contribution in [1.29, 1.82) is 0 Å². The Labute approximate surface area is 167 Å². The van der Waals surface area contributed by atoms with Crippen LogP contribution in [0, 0.1) is 0 Å². The summed E-state index contributed by atoms with van der Waals surface area (Å²) in [5.74, 6) is -0.841. The third-order valence-corrected chi connectivity index (χ3v) is 4.58. The zero-order chi connectivity index (χ0) is 19.6. The van der Waals surface area contributed by atoms with Crippen LogP contribution in [-0.4, -0.2) is 23.1 Å². The van der Waals surface area contributed by atoms with Gasteiger partial charge in [0.15, 0.2) is 0 Å². The van der Waals surface area contributed by atoms with Gasteiger partial charge in [0.25, 0.3) is 0 Å². The molecule has 27 heavy (non-hydrogen) atoms. The van der Waals surface area contributed by atoms with E-state index >= 15 is 0 Å². The molecular formula is C21H17Cl2NO3. The molecule has 3 rings (SSSR count). The van der Waals surface area contributed by atoms with Crippen molar-refractivity contribution in [2.75, 3.05) is 6.61 Å². The number of aromatic nitrogens is 1. The Bertz CT molecular complexity index is 990. The summed E-state index contributed by atoms with van der Waals surface area (Å²) in [7, 11) is 0. The largest absolute Gasteiger partial charge is 0.461 e. The van der Waals surface area contributed by atoms with E-state index in [2.05, 4.69) is 0 Å². The Balaban J connectivity index is 2.32. The second-order valence-corrected chi connectivity index (χ2v) is 6.75. The highest BCUT2D eigenvalue weighted by Gasteiger charge is 2.25. The normalized spacial score (nSPS) is 10.7. The number of rotatable bonds is 4. The van der Waals surface area contributed by atoms with Crippen molar-refractivity contribution in [3.8, 4) is 22.4 Å². The lowest BCUT2D eigenvalue weighted by Gasteiger charge is -2.11. The zero-order valence-corrected chi connectivity index (χ0v) is 16.3. The molecule has 3 aromatic rings. The molecule has 6 heteroatoms. The molecular weight excluding hydrogens is 385 g/mol. The van der Waals surface area contributed by atoms with Crippen LogP contribution < -0.4 is 0 Å². The molecule has 4 nitrogen and oxygen atoms in total. The van der Waals surface area contributed by atoms with Gasteiger partial charge in [-0.25, -0.2) is 4.79 Å². The molecule has 0 aliphatic heterocycles. The van der Waals surface area contributed by atoms with Crippen LogP contribution in [0.25, 0.3) is 22.4 Å². The number of hydrogen-bond donors (Lipinski definition) is 0. The number of esters is 1. The van der Waals surface area contributed by atoms with Gasteiger partial charge in [-0.2, -0.15) is 0 Å². The van der Waals surface area contributed by atoms with E-state index in [0.29, 0.717) is 15.7 Å². The molecule has 0 aliphatic carbocycles. The van der Waals surface area contributed by atoms with Gasteiger partial charge in [0.05, 0.1) is 12.3 Å². The van der Waals surface area contributed by atoms with Gasteiger partial charge in [-0.3, -0.25) is 9.36 Å². The van der Waals surface area contributed by atoms with Crippen LogP contribution in [0.3, 0.4) is 0 Å². The molecule has 2 aromatic carbocycles. The fourth-order valence-electron chi connectivity index (χ4n) is 2.93. The van der Waals surface area contributed by atoms with E-state index in [9.17, 15) is 9.59 Å². The van der Waals surface area contributed by atoms with Crippen LogP contribution in [-0.2, 0) is 4.74 Å². The van der Waals surface area contributed by atoms with Crippen molar-refractivity contribution in [3.63, 3.8) is 0 Å². The average molecular weight is 402 g/mol. The second kappa shape index (κ2) is 7.99. The first-order chi connectivity index (χ1) is 12.9. The molecule has 0 amide bonds. The minimum absolute atomic E-state index is 0.180. The van der Waals surface area contributed by atoms with E-state index in [1.807, 2.05) is 24.3 Å². The van der Waals surface area contributed by atoms with Crippen LogP contribution >= 0.6 is 23.2 Å². The predicted octanol–water partition coefficient (Wildman–Crippen LogP) is 5.97. The van der Waals surface area contributed by atoms with E-state index < -0.39 is 5.97 Å². The minimum Gasteiger partial charge on any atom is -0.461 e. The number of nitrogens with zero attached hydrogens (tertiary/aromatic N) is 1. The lowest BCUT2D eigenvalue weighted by atomic mass is 10.0. The van der Waals surface area contributed by atoms with Crippen molar-refractivity contribution in [2.24, 2.45) is 0 Å². The highest BCUT2D eigenvalue weighted by atomic mass is 35.5. The van der Waals surface area contributed by atoms with Crippen molar-refractivity contribution in [1.82, 2.24) is 4.57 Å². The van der Waals surface area contributed by atoms with Gasteiger partial charge in [0.2, 0.25) is 5.91 Å². The van der Waals surface area contributed by atoms with Gasteiger partial charge in [-0.1, -0.05) is 47.5 Å².